The second-order valence-corrected chi connectivity index (χ2v) is 4.94. The lowest BCUT2D eigenvalue weighted by Gasteiger charge is -2.28. The number of rotatable bonds is 6. The van der Waals surface area contributed by atoms with Crippen LogP contribution in [0.5, 0.6) is 0 Å². The minimum absolute atomic E-state index is 0.0677. The summed E-state index contributed by atoms with van der Waals surface area (Å²) in [5.41, 5.74) is 0. The van der Waals surface area contributed by atoms with E-state index in [1.165, 1.54) is 0 Å². The lowest BCUT2D eigenvalue weighted by Crippen LogP contribution is -2.38. The Balaban J connectivity index is 2.83. The average molecular weight is 253 g/mol. The SMILES string of the molecule is C/C=C(\OB(CC)CC)N1C(=O)OC[C@@H]1C(C)C. The van der Waals surface area contributed by atoms with Crippen molar-refractivity contribution in [2.45, 2.75) is 53.3 Å². The first-order valence-electron chi connectivity index (χ1n) is 6.84. The van der Waals surface area contributed by atoms with Crippen LogP contribution in [0.1, 0.15) is 34.6 Å². The molecular formula is C13H24BNO3. The minimum atomic E-state index is -0.298. The van der Waals surface area contributed by atoms with E-state index in [0.29, 0.717) is 18.4 Å². The molecule has 0 saturated carbocycles. The molecule has 18 heavy (non-hydrogen) atoms. The van der Waals surface area contributed by atoms with Crippen LogP contribution in [0.25, 0.3) is 0 Å². The second-order valence-electron chi connectivity index (χ2n) is 4.94. The number of ether oxygens (including phenoxy) is 1. The molecule has 1 rings (SSSR count). The van der Waals surface area contributed by atoms with E-state index in [2.05, 4.69) is 27.7 Å². The molecule has 1 saturated heterocycles. The van der Waals surface area contributed by atoms with Gasteiger partial charge in [-0.05, 0) is 31.6 Å². The molecule has 0 aromatic carbocycles. The smallest absolute Gasteiger partial charge is 0.417 e. The first kappa shape index (κ1) is 14.9. The van der Waals surface area contributed by atoms with Crippen LogP contribution in [0.3, 0.4) is 0 Å². The van der Waals surface area contributed by atoms with Crippen molar-refractivity contribution in [2.24, 2.45) is 5.92 Å². The van der Waals surface area contributed by atoms with Crippen molar-refractivity contribution in [2.75, 3.05) is 6.61 Å². The monoisotopic (exact) mass is 253 g/mol. The fourth-order valence-corrected chi connectivity index (χ4v) is 2.07. The van der Waals surface area contributed by atoms with Crippen molar-refractivity contribution in [3.8, 4) is 0 Å². The number of nitrogens with zero attached hydrogens (tertiary/aromatic N) is 1. The standard InChI is InChI=1S/C13H24BNO3/c1-6-12(18-14(7-2)8-3)15-11(10(4)5)9-17-13(15)16/h6,10-11H,7-9H2,1-5H3/b12-6-/t11-/m1/s1. The zero-order chi connectivity index (χ0) is 13.7. The molecule has 0 radical (unpaired) electrons. The third kappa shape index (κ3) is 3.21. The molecule has 0 unspecified atom stereocenters. The Morgan fingerprint density at radius 1 is 1.56 bits per heavy atom. The van der Waals surface area contributed by atoms with E-state index in [4.69, 9.17) is 9.39 Å². The summed E-state index contributed by atoms with van der Waals surface area (Å²) in [7, 11) is 0. The maximum absolute atomic E-state index is 11.8. The highest BCUT2D eigenvalue weighted by Gasteiger charge is 2.38. The third-order valence-electron chi connectivity index (χ3n) is 3.36. The Morgan fingerprint density at radius 3 is 2.61 bits per heavy atom. The van der Waals surface area contributed by atoms with Crippen molar-refractivity contribution in [1.82, 2.24) is 4.90 Å². The molecule has 0 bridgehead atoms. The van der Waals surface area contributed by atoms with Gasteiger partial charge in [-0.1, -0.05) is 27.7 Å². The van der Waals surface area contributed by atoms with E-state index < -0.39 is 0 Å². The molecule has 0 aromatic rings. The van der Waals surface area contributed by atoms with Gasteiger partial charge in [0.05, 0.1) is 6.04 Å². The van der Waals surface area contributed by atoms with Crippen LogP contribution in [-0.4, -0.2) is 30.6 Å². The van der Waals surface area contributed by atoms with Gasteiger partial charge in [-0.2, -0.15) is 0 Å². The van der Waals surface area contributed by atoms with E-state index in [0.717, 1.165) is 12.6 Å². The minimum Gasteiger partial charge on any atom is -0.549 e. The van der Waals surface area contributed by atoms with Crippen molar-refractivity contribution in [1.29, 1.82) is 0 Å². The van der Waals surface area contributed by atoms with E-state index in [1.807, 2.05) is 13.0 Å². The highest BCUT2D eigenvalue weighted by atomic mass is 16.6. The molecule has 1 fully saturated rings. The molecule has 1 aliphatic heterocycles. The molecule has 1 aliphatic rings. The van der Waals surface area contributed by atoms with Crippen LogP contribution >= 0.6 is 0 Å². The van der Waals surface area contributed by atoms with Crippen LogP contribution in [0.2, 0.25) is 12.6 Å². The molecule has 1 amide bonds. The Hall–Kier alpha value is -1.13. The van der Waals surface area contributed by atoms with Gasteiger partial charge in [0.2, 0.25) is 0 Å². The molecule has 0 aromatic heterocycles. The molecule has 1 heterocycles. The van der Waals surface area contributed by atoms with Crippen LogP contribution in [-0.2, 0) is 9.39 Å². The number of cyclic esters (lactones) is 1. The van der Waals surface area contributed by atoms with Crippen molar-refractivity contribution >= 4 is 13.0 Å². The quantitative estimate of drug-likeness (QED) is 0.538. The molecule has 1 atom stereocenters. The van der Waals surface area contributed by atoms with Crippen molar-refractivity contribution in [3.63, 3.8) is 0 Å². The predicted molar refractivity (Wildman–Crippen MR) is 73.4 cm³/mol. The summed E-state index contributed by atoms with van der Waals surface area (Å²) in [6.07, 6.45) is 3.42. The van der Waals surface area contributed by atoms with Crippen LogP contribution in [0.15, 0.2) is 12.0 Å². The summed E-state index contributed by atoms with van der Waals surface area (Å²) in [6, 6.07) is 0.0677. The van der Waals surface area contributed by atoms with Crippen LogP contribution < -0.4 is 0 Å². The van der Waals surface area contributed by atoms with E-state index in [1.54, 1.807) is 4.90 Å². The number of amides is 1. The summed E-state index contributed by atoms with van der Waals surface area (Å²) >= 11 is 0. The van der Waals surface area contributed by atoms with Gasteiger partial charge in [0, 0.05) is 0 Å². The van der Waals surface area contributed by atoms with Crippen LogP contribution in [0.4, 0.5) is 4.79 Å². The van der Waals surface area contributed by atoms with Gasteiger partial charge in [-0.3, -0.25) is 0 Å². The first-order chi connectivity index (χ1) is 8.54. The largest absolute Gasteiger partial charge is 0.549 e. The number of carbonyl (C=O) groups is 1. The Labute approximate surface area is 110 Å². The maximum Gasteiger partial charge on any atom is 0.417 e. The van der Waals surface area contributed by atoms with E-state index >= 15 is 0 Å². The summed E-state index contributed by atoms with van der Waals surface area (Å²) in [5, 5.41) is 0. The fraction of sp³-hybridized carbons (Fsp3) is 0.769. The van der Waals surface area contributed by atoms with Gasteiger partial charge in [0.15, 0.2) is 5.88 Å². The summed E-state index contributed by atoms with van der Waals surface area (Å²) < 4.78 is 11.1. The van der Waals surface area contributed by atoms with Crippen LogP contribution in [0, 0.1) is 5.92 Å². The van der Waals surface area contributed by atoms with Gasteiger partial charge in [-0.25, -0.2) is 9.69 Å². The number of hydrogen-bond acceptors (Lipinski definition) is 3. The van der Waals surface area contributed by atoms with Gasteiger partial charge in [0.1, 0.15) is 6.61 Å². The molecule has 102 valence electrons. The Morgan fingerprint density at radius 2 is 2.17 bits per heavy atom. The van der Waals surface area contributed by atoms with Gasteiger partial charge in [-0.15, -0.1) is 0 Å². The number of hydrogen-bond donors (Lipinski definition) is 0. The summed E-state index contributed by atoms with van der Waals surface area (Å²) in [6.45, 7) is 10.8. The maximum atomic E-state index is 11.8. The average Bonchev–Trinajstić information content (AvgIpc) is 2.73. The number of carbonyl (C=O) groups excluding carboxylic acids is 1. The Bertz CT molecular complexity index is 313. The molecule has 4 nitrogen and oxygen atoms in total. The van der Waals surface area contributed by atoms with Gasteiger partial charge < -0.3 is 9.39 Å². The van der Waals surface area contributed by atoms with Gasteiger partial charge >= 0.3 is 13.0 Å². The molecule has 0 spiro atoms. The van der Waals surface area contributed by atoms with Gasteiger partial charge in [0.25, 0.3) is 0 Å². The zero-order valence-electron chi connectivity index (χ0n) is 12.1. The lowest BCUT2D eigenvalue weighted by atomic mass is 9.62. The molecular weight excluding hydrogens is 229 g/mol. The van der Waals surface area contributed by atoms with E-state index in [-0.39, 0.29) is 19.1 Å². The molecule has 5 heteroatoms. The first-order valence-corrected chi connectivity index (χ1v) is 6.84. The fourth-order valence-electron chi connectivity index (χ4n) is 2.07. The zero-order valence-corrected chi connectivity index (χ0v) is 12.1. The number of allylic oxidation sites excluding steroid dienone is 1. The third-order valence-corrected chi connectivity index (χ3v) is 3.36. The molecule has 0 N–H and O–H groups in total. The van der Waals surface area contributed by atoms with Crippen molar-refractivity contribution < 1.29 is 14.2 Å². The van der Waals surface area contributed by atoms with E-state index in [9.17, 15) is 4.79 Å². The lowest BCUT2D eigenvalue weighted by molar-refractivity contribution is 0.150. The predicted octanol–water partition coefficient (Wildman–Crippen LogP) is 3.37. The summed E-state index contributed by atoms with van der Waals surface area (Å²) in [4.78, 5) is 13.5. The molecule has 0 aliphatic carbocycles. The summed E-state index contributed by atoms with van der Waals surface area (Å²) in [5.74, 6) is 0.974. The Kier molecular flexibility index (Phi) is 5.57. The topological polar surface area (TPSA) is 38.8 Å². The second kappa shape index (κ2) is 6.71. The highest BCUT2D eigenvalue weighted by molar-refractivity contribution is 6.51. The van der Waals surface area contributed by atoms with Crippen molar-refractivity contribution in [3.05, 3.63) is 12.0 Å². The normalized spacial score (nSPS) is 20.3. The highest BCUT2D eigenvalue weighted by Crippen LogP contribution is 2.25.